The van der Waals surface area contributed by atoms with Gasteiger partial charge in [0.1, 0.15) is 0 Å². The Morgan fingerprint density at radius 2 is 1.83 bits per heavy atom. The molecule has 0 radical (unpaired) electrons. The van der Waals surface area contributed by atoms with Crippen LogP contribution in [0.25, 0.3) is 0 Å². The van der Waals surface area contributed by atoms with E-state index >= 15 is 0 Å². The van der Waals surface area contributed by atoms with Gasteiger partial charge in [-0.2, -0.15) is 0 Å². The fourth-order valence-electron chi connectivity index (χ4n) is 1.01. The van der Waals surface area contributed by atoms with E-state index in [1.54, 1.807) is 6.92 Å². The van der Waals surface area contributed by atoms with Crippen molar-refractivity contribution >= 4 is 21.8 Å². The minimum Gasteiger partial charge on any atom is -0.481 e. The summed E-state index contributed by atoms with van der Waals surface area (Å²) in [6.45, 7) is 4.51. The molecule has 2 amide bonds. The Hall–Kier alpha value is -1.31. The van der Waals surface area contributed by atoms with Crippen molar-refractivity contribution in [3.63, 3.8) is 0 Å². The molecule has 0 aliphatic heterocycles. The van der Waals surface area contributed by atoms with Gasteiger partial charge in [0.25, 0.3) is 0 Å². The molecular weight excluding hydrogens is 260 g/mol. The van der Waals surface area contributed by atoms with Crippen LogP contribution in [0, 0.1) is 0 Å². The molecule has 0 rings (SSSR count). The van der Waals surface area contributed by atoms with E-state index in [0.717, 1.165) is 6.26 Å². The average molecular weight is 280 g/mol. The van der Waals surface area contributed by atoms with Crippen LogP contribution in [0.1, 0.15) is 27.2 Å². The lowest BCUT2D eigenvalue weighted by Crippen LogP contribution is -2.48. The van der Waals surface area contributed by atoms with Gasteiger partial charge < -0.3 is 15.7 Å². The van der Waals surface area contributed by atoms with E-state index in [1.165, 1.54) is 13.8 Å². The Balaban J connectivity index is 4.24. The van der Waals surface area contributed by atoms with Gasteiger partial charge >= 0.3 is 12.0 Å². The zero-order chi connectivity index (χ0) is 14.6. The zero-order valence-electron chi connectivity index (χ0n) is 11.0. The van der Waals surface area contributed by atoms with Crippen LogP contribution in [0.2, 0.25) is 0 Å². The Bertz CT molecular complexity index is 416. The van der Waals surface area contributed by atoms with E-state index in [-0.39, 0.29) is 13.0 Å². The second-order valence-corrected chi connectivity index (χ2v) is 7.51. The van der Waals surface area contributed by atoms with Gasteiger partial charge in [0.05, 0.1) is 11.2 Å². The quantitative estimate of drug-likeness (QED) is 0.632. The number of amides is 2. The molecule has 0 saturated heterocycles. The third-order valence-corrected chi connectivity index (χ3v) is 4.69. The number of hydrogen-bond acceptors (Lipinski definition) is 4. The SMILES string of the molecule is CC(CC(=O)O)NC(=O)NCC(C)(C)S(C)(=O)=O. The molecule has 106 valence electrons. The molecule has 0 spiro atoms. The molecule has 1 unspecified atom stereocenters. The number of aliphatic carboxylic acids is 1. The summed E-state index contributed by atoms with van der Waals surface area (Å²) in [6.07, 6.45) is 0.905. The van der Waals surface area contributed by atoms with Crippen molar-refractivity contribution in [1.29, 1.82) is 0 Å². The number of nitrogens with one attached hydrogen (secondary N) is 2. The van der Waals surface area contributed by atoms with Crippen LogP contribution in [0.3, 0.4) is 0 Å². The van der Waals surface area contributed by atoms with Gasteiger partial charge in [-0.3, -0.25) is 4.79 Å². The monoisotopic (exact) mass is 280 g/mol. The molecule has 7 nitrogen and oxygen atoms in total. The number of carbonyl (C=O) groups excluding carboxylic acids is 1. The Morgan fingerprint density at radius 1 is 1.33 bits per heavy atom. The zero-order valence-corrected chi connectivity index (χ0v) is 11.8. The summed E-state index contributed by atoms with van der Waals surface area (Å²) < 4.78 is 21.7. The number of carboxylic acid groups (broad SMARTS) is 1. The molecule has 0 saturated carbocycles. The van der Waals surface area contributed by atoms with Crippen molar-refractivity contribution in [2.75, 3.05) is 12.8 Å². The lowest BCUT2D eigenvalue weighted by molar-refractivity contribution is -0.137. The molecule has 0 aliphatic rings. The summed E-state index contributed by atoms with van der Waals surface area (Å²) >= 11 is 0. The molecular formula is C10H20N2O5S. The maximum Gasteiger partial charge on any atom is 0.315 e. The number of sulfone groups is 1. The molecule has 0 bridgehead atoms. The number of urea groups is 1. The molecule has 0 fully saturated rings. The Labute approximate surface area is 107 Å². The maximum absolute atomic E-state index is 11.4. The summed E-state index contributed by atoms with van der Waals surface area (Å²) in [5.74, 6) is -1.01. The summed E-state index contributed by atoms with van der Waals surface area (Å²) in [7, 11) is -3.28. The van der Waals surface area contributed by atoms with Crippen molar-refractivity contribution in [3.05, 3.63) is 0 Å². The maximum atomic E-state index is 11.4. The smallest absolute Gasteiger partial charge is 0.315 e. The molecule has 18 heavy (non-hydrogen) atoms. The lowest BCUT2D eigenvalue weighted by atomic mass is 10.2. The number of hydrogen-bond donors (Lipinski definition) is 3. The second kappa shape index (κ2) is 6.03. The van der Waals surface area contributed by atoms with E-state index in [1.807, 2.05) is 0 Å². The van der Waals surface area contributed by atoms with Crippen molar-refractivity contribution in [2.24, 2.45) is 0 Å². The largest absolute Gasteiger partial charge is 0.481 e. The predicted molar refractivity (Wildman–Crippen MR) is 67.2 cm³/mol. The van der Waals surface area contributed by atoms with Crippen molar-refractivity contribution < 1.29 is 23.1 Å². The van der Waals surface area contributed by atoms with Gasteiger partial charge in [-0.1, -0.05) is 0 Å². The van der Waals surface area contributed by atoms with E-state index in [4.69, 9.17) is 5.11 Å². The normalized spacial score (nSPS) is 13.8. The van der Waals surface area contributed by atoms with Crippen LogP contribution in [0.15, 0.2) is 0 Å². The van der Waals surface area contributed by atoms with Crippen LogP contribution >= 0.6 is 0 Å². The van der Waals surface area contributed by atoms with Crippen LogP contribution in [-0.4, -0.2) is 49.1 Å². The first-order valence-corrected chi connectivity index (χ1v) is 7.30. The topological polar surface area (TPSA) is 113 Å². The Morgan fingerprint density at radius 3 is 2.22 bits per heavy atom. The van der Waals surface area contributed by atoms with Gasteiger partial charge in [0, 0.05) is 18.8 Å². The standard InChI is InChI=1S/C10H20N2O5S/c1-7(5-8(13)14)12-9(15)11-6-10(2,3)18(4,16)17/h7H,5-6H2,1-4H3,(H,13,14)(H2,11,12,15). The fraction of sp³-hybridized carbons (Fsp3) is 0.800. The first-order valence-electron chi connectivity index (χ1n) is 5.41. The van der Waals surface area contributed by atoms with Crippen LogP contribution in [0.4, 0.5) is 4.79 Å². The molecule has 0 aromatic rings. The van der Waals surface area contributed by atoms with Gasteiger partial charge in [-0.15, -0.1) is 0 Å². The van der Waals surface area contributed by atoms with Crippen LogP contribution in [0.5, 0.6) is 0 Å². The third-order valence-electron chi connectivity index (χ3n) is 2.54. The van der Waals surface area contributed by atoms with Gasteiger partial charge in [0.2, 0.25) is 0 Å². The highest BCUT2D eigenvalue weighted by molar-refractivity contribution is 7.92. The average Bonchev–Trinajstić information content (AvgIpc) is 2.11. The molecule has 0 aromatic heterocycles. The summed E-state index contributed by atoms with van der Waals surface area (Å²) in [4.78, 5) is 21.8. The van der Waals surface area contributed by atoms with Crippen molar-refractivity contribution in [3.8, 4) is 0 Å². The number of carboxylic acids is 1. The van der Waals surface area contributed by atoms with Gasteiger partial charge in [0.15, 0.2) is 9.84 Å². The van der Waals surface area contributed by atoms with E-state index in [9.17, 15) is 18.0 Å². The molecule has 0 heterocycles. The van der Waals surface area contributed by atoms with Gasteiger partial charge in [-0.25, -0.2) is 13.2 Å². The highest BCUT2D eigenvalue weighted by atomic mass is 32.2. The van der Waals surface area contributed by atoms with Crippen LogP contribution < -0.4 is 10.6 Å². The third kappa shape index (κ3) is 5.85. The van der Waals surface area contributed by atoms with Crippen molar-refractivity contribution in [1.82, 2.24) is 10.6 Å². The van der Waals surface area contributed by atoms with E-state index in [0.29, 0.717) is 0 Å². The fourth-order valence-corrected chi connectivity index (χ4v) is 1.35. The predicted octanol–water partition coefficient (Wildman–Crippen LogP) is -0.0280. The molecule has 3 N–H and O–H groups in total. The first kappa shape index (κ1) is 16.7. The number of rotatable bonds is 6. The summed E-state index contributed by atoms with van der Waals surface area (Å²) in [5, 5.41) is 13.3. The lowest BCUT2D eigenvalue weighted by Gasteiger charge is -2.23. The first-order chi connectivity index (χ1) is 7.95. The molecule has 0 aromatic carbocycles. The van der Waals surface area contributed by atoms with E-state index < -0.39 is 32.6 Å². The minimum absolute atomic E-state index is 0.0442. The van der Waals surface area contributed by atoms with Gasteiger partial charge in [-0.05, 0) is 20.8 Å². The summed E-state index contributed by atoms with van der Waals surface area (Å²) in [6, 6.07) is -1.11. The number of carbonyl (C=O) groups is 2. The highest BCUT2D eigenvalue weighted by Crippen LogP contribution is 2.13. The van der Waals surface area contributed by atoms with Crippen molar-refractivity contribution in [2.45, 2.75) is 38.0 Å². The summed E-state index contributed by atoms with van der Waals surface area (Å²) in [5.41, 5.74) is 0. The van der Waals surface area contributed by atoms with E-state index in [2.05, 4.69) is 10.6 Å². The van der Waals surface area contributed by atoms with Crippen LogP contribution in [-0.2, 0) is 14.6 Å². The molecule has 1 atom stereocenters. The minimum atomic E-state index is -3.28. The molecule has 0 aliphatic carbocycles. The second-order valence-electron chi connectivity index (χ2n) is 4.86. The molecule has 8 heteroatoms. The highest BCUT2D eigenvalue weighted by Gasteiger charge is 2.30. The Kier molecular flexibility index (Phi) is 5.59.